The third-order valence-electron chi connectivity index (χ3n) is 2.87. The summed E-state index contributed by atoms with van der Waals surface area (Å²) < 4.78 is 11.3. The van der Waals surface area contributed by atoms with E-state index in [0.29, 0.717) is 0 Å². The van der Waals surface area contributed by atoms with Crippen molar-refractivity contribution in [2.24, 2.45) is 0 Å². The Bertz CT molecular complexity index is 368. The van der Waals surface area contributed by atoms with Crippen LogP contribution in [-0.2, 0) is 0 Å². The van der Waals surface area contributed by atoms with Crippen molar-refractivity contribution in [3.63, 3.8) is 0 Å². The SMILES string of the molecule is CNCCN(C)c1ccc2c(c1)OCCCO2. The number of fused-ring (bicyclic) bond motifs is 1. The Morgan fingerprint density at radius 2 is 2.00 bits per heavy atom. The fourth-order valence-electron chi connectivity index (χ4n) is 1.80. The highest BCUT2D eigenvalue weighted by Crippen LogP contribution is 2.33. The van der Waals surface area contributed by atoms with Crippen LogP contribution in [-0.4, -0.2) is 40.4 Å². The maximum Gasteiger partial charge on any atom is 0.163 e. The quantitative estimate of drug-likeness (QED) is 0.859. The lowest BCUT2D eigenvalue weighted by molar-refractivity contribution is 0.297. The lowest BCUT2D eigenvalue weighted by atomic mass is 10.2. The summed E-state index contributed by atoms with van der Waals surface area (Å²) in [5.41, 5.74) is 1.16. The molecule has 0 atom stereocenters. The van der Waals surface area contributed by atoms with Crippen LogP contribution in [0, 0.1) is 0 Å². The Morgan fingerprint density at radius 3 is 2.76 bits per heavy atom. The van der Waals surface area contributed by atoms with Gasteiger partial charge in [-0.3, -0.25) is 0 Å². The molecule has 2 rings (SSSR count). The van der Waals surface area contributed by atoms with Gasteiger partial charge in [-0.15, -0.1) is 0 Å². The summed E-state index contributed by atoms with van der Waals surface area (Å²) in [5, 5.41) is 3.14. The van der Waals surface area contributed by atoms with Gasteiger partial charge in [-0.1, -0.05) is 0 Å². The van der Waals surface area contributed by atoms with Crippen LogP contribution in [0.25, 0.3) is 0 Å². The van der Waals surface area contributed by atoms with Crippen molar-refractivity contribution in [3.05, 3.63) is 18.2 Å². The molecule has 0 bridgehead atoms. The van der Waals surface area contributed by atoms with Crippen molar-refractivity contribution in [1.29, 1.82) is 0 Å². The fraction of sp³-hybridized carbons (Fsp3) is 0.538. The second-order valence-corrected chi connectivity index (χ2v) is 4.21. The zero-order valence-electron chi connectivity index (χ0n) is 10.5. The summed E-state index contributed by atoms with van der Waals surface area (Å²) in [5.74, 6) is 1.71. The van der Waals surface area contributed by atoms with Gasteiger partial charge in [0.1, 0.15) is 0 Å². The second-order valence-electron chi connectivity index (χ2n) is 4.21. The molecule has 0 radical (unpaired) electrons. The molecule has 1 heterocycles. The molecule has 0 aromatic heterocycles. The van der Waals surface area contributed by atoms with Gasteiger partial charge in [0.25, 0.3) is 0 Å². The maximum atomic E-state index is 5.68. The van der Waals surface area contributed by atoms with Crippen LogP contribution in [0.3, 0.4) is 0 Å². The summed E-state index contributed by atoms with van der Waals surface area (Å²) in [6.45, 7) is 3.40. The molecular weight excluding hydrogens is 216 g/mol. The van der Waals surface area contributed by atoms with Gasteiger partial charge in [0.15, 0.2) is 11.5 Å². The number of likely N-dealkylation sites (N-methyl/N-ethyl adjacent to an activating group) is 2. The second kappa shape index (κ2) is 5.77. The molecule has 17 heavy (non-hydrogen) atoms. The molecule has 1 aromatic rings. The topological polar surface area (TPSA) is 33.7 Å². The van der Waals surface area contributed by atoms with Crippen LogP contribution in [0.1, 0.15) is 6.42 Å². The Kier molecular flexibility index (Phi) is 4.09. The predicted octanol–water partition coefficient (Wildman–Crippen LogP) is 1.50. The first kappa shape index (κ1) is 12.0. The van der Waals surface area contributed by atoms with Gasteiger partial charge in [-0.25, -0.2) is 0 Å². The standard InChI is InChI=1S/C13H20N2O2/c1-14-6-7-15(2)11-4-5-12-13(10-11)17-9-3-8-16-12/h4-5,10,14H,3,6-9H2,1-2H3. The molecule has 1 aliphatic rings. The first-order valence-electron chi connectivity index (χ1n) is 6.06. The monoisotopic (exact) mass is 236 g/mol. The molecule has 94 valence electrons. The number of nitrogens with zero attached hydrogens (tertiary/aromatic N) is 1. The van der Waals surface area contributed by atoms with Crippen LogP contribution in [0.4, 0.5) is 5.69 Å². The van der Waals surface area contributed by atoms with Crippen molar-refractivity contribution in [2.45, 2.75) is 6.42 Å². The average Bonchev–Trinajstić information content (AvgIpc) is 2.60. The van der Waals surface area contributed by atoms with Crippen LogP contribution in [0.15, 0.2) is 18.2 Å². The number of ether oxygens (including phenoxy) is 2. The van der Waals surface area contributed by atoms with E-state index in [1.54, 1.807) is 0 Å². The summed E-state index contributed by atoms with van der Waals surface area (Å²) in [6, 6.07) is 6.12. The summed E-state index contributed by atoms with van der Waals surface area (Å²) >= 11 is 0. The van der Waals surface area contributed by atoms with Gasteiger partial charge >= 0.3 is 0 Å². The van der Waals surface area contributed by atoms with Gasteiger partial charge in [0.05, 0.1) is 13.2 Å². The normalized spacial score (nSPS) is 14.2. The third-order valence-corrected chi connectivity index (χ3v) is 2.87. The first-order valence-corrected chi connectivity index (χ1v) is 6.06. The Morgan fingerprint density at radius 1 is 1.24 bits per heavy atom. The minimum absolute atomic E-state index is 0.733. The van der Waals surface area contributed by atoms with Crippen molar-refractivity contribution in [2.75, 3.05) is 45.3 Å². The fourth-order valence-corrected chi connectivity index (χ4v) is 1.80. The number of benzene rings is 1. The molecule has 1 aromatic carbocycles. The minimum atomic E-state index is 0.733. The Hall–Kier alpha value is -1.42. The van der Waals surface area contributed by atoms with E-state index < -0.39 is 0 Å². The van der Waals surface area contributed by atoms with E-state index in [4.69, 9.17) is 9.47 Å². The lowest BCUT2D eigenvalue weighted by Gasteiger charge is -2.20. The van der Waals surface area contributed by atoms with E-state index in [-0.39, 0.29) is 0 Å². The molecule has 0 aliphatic carbocycles. The lowest BCUT2D eigenvalue weighted by Crippen LogP contribution is -2.26. The molecule has 0 spiro atoms. The van der Waals surface area contributed by atoms with E-state index in [1.807, 2.05) is 13.1 Å². The van der Waals surface area contributed by atoms with Gasteiger partial charge in [-0.05, 0) is 19.2 Å². The van der Waals surface area contributed by atoms with E-state index in [1.165, 1.54) is 0 Å². The van der Waals surface area contributed by atoms with Crippen molar-refractivity contribution in [3.8, 4) is 11.5 Å². The van der Waals surface area contributed by atoms with E-state index in [0.717, 1.165) is 49.9 Å². The average molecular weight is 236 g/mol. The molecule has 1 aliphatic heterocycles. The molecule has 1 N–H and O–H groups in total. The Labute approximate surface area is 103 Å². The summed E-state index contributed by atoms with van der Waals surface area (Å²) in [6.07, 6.45) is 0.944. The molecule has 4 heteroatoms. The van der Waals surface area contributed by atoms with Crippen LogP contribution >= 0.6 is 0 Å². The van der Waals surface area contributed by atoms with Crippen LogP contribution in [0.2, 0.25) is 0 Å². The highest BCUT2D eigenvalue weighted by Gasteiger charge is 2.11. The molecule has 0 unspecified atom stereocenters. The van der Waals surface area contributed by atoms with Gasteiger partial charge < -0.3 is 19.7 Å². The van der Waals surface area contributed by atoms with Crippen molar-refractivity contribution < 1.29 is 9.47 Å². The number of anilines is 1. The summed E-state index contributed by atoms with van der Waals surface area (Å²) in [7, 11) is 4.04. The largest absolute Gasteiger partial charge is 0.490 e. The highest BCUT2D eigenvalue weighted by atomic mass is 16.5. The molecule has 0 saturated carbocycles. The zero-order chi connectivity index (χ0) is 12.1. The first-order chi connectivity index (χ1) is 8.31. The minimum Gasteiger partial charge on any atom is -0.490 e. The molecule has 0 fully saturated rings. The van der Waals surface area contributed by atoms with Crippen LogP contribution in [0.5, 0.6) is 11.5 Å². The number of rotatable bonds is 4. The molecule has 0 saturated heterocycles. The third kappa shape index (κ3) is 3.03. The molecule has 0 amide bonds. The number of hydrogen-bond donors (Lipinski definition) is 1. The molecule has 4 nitrogen and oxygen atoms in total. The van der Waals surface area contributed by atoms with Crippen LogP contribution < -0.4 is 19.7 Å². The predicted molar refractivity (Wildman–Crippen MR) is 69.2 cm³/mol. The Balaban J connectivity index is 2.11. The van der Waals surface area contributed by atoms with E-state index in [2.05, 4.69) is 29.4 Å². The van der Waals surface area contributed by atoms with E-state index in [9.17, 15) is 0 Å². The maximum absolute atomic E-state index is 5.68. The van der Waals surface area contributed by atoms with Crippen molar-refractivity contribution >= 4 is 5.69 Å². The number of nitrogens with one attached hydrogen (secondary N) is 1. The van der Waals surface area contributed by atoms with Gasteiger partial charge in [0.2, 0.25) is 0 Å². The highest BCUT2D eigenvalue weighted by molar-refractivity contribution is 5.56. The smallest absolute Gasteiger partial charge is 0.163 e. The van der Waals surface area contributed by atoms with E-state index >= 15 is 0 Å². The number of hydrogen-bond acceptors (Lipinski definition) is 4. The zero-order valence-corrected chi connectivity index (χ0v) is 10.5. The van der Waals surface area contributed by atoms with Crippen molar-refractivity contribution in [1.82, 2.24) is 5.32 Å². The van der Waals surface area contributed by atoms with Gasteiger partial charge in [0, 0.05) is 38.3 Å². The molecular formula is C13H20N2O2. The summed E-state index contributed by atoms with van der Waals surface area (Å²) in [4.78, 5) is 2.20. The van der Waals surface area contributed by atoms with Gasteiger partial charge in [-0.2, -0.15) is 0 Å².